The van der Waals surface area contributed by atoms with Gasteiger partial charge in [0.15, 0.2) is 0 Å². The van der Waals surface area contributed by atoms with Crippen LogP contribution in [0, 0.1) is 0 Å². The van der Waals surface area contributed by atoms with E-state index in [2.05, 4.69) is 16.0 Å². The first-order valence-corrected chi connectivity index (χ1v) is 12.6. The van der Waals surface area contributed by atoms with Crippen LogP contribution in [0.15, 0.2) is 54.6 Å². The summed E-state index contributed by atoms with van der Waals surface area (Å²) in [4.78, 5) is 73.2. The van der Waals surface area contributed by atoms with Crippen LogP contribution in [0.4, 0.5) is 0 Å². The summed E-state index contributed by atoms with van der Waals surface area (Å²) in [6, 6.07) is 8.67. The third-order valence-electron chi connectivity index (χ3n) is 5.95. The molecule has 220 valence electrons. The smallest absolute Gasteiger partial charge is 0.326 e. The molecule has 4 atom stereocenters. The highest BCUT2D eigenvalue weighted by Gasteiger charge is 2.31. The fraction of sp³-hybridized carbons (Fsp3) is 0.333. The Morgan fingerprint density at radius 2 is 1.22 bits per heavy atom. The van der Waals surface area contributed by atoms with Gasteiger partial charge in [-0.3, -0.25) is 24.0 Å². The van der Waals surface area contributed by atoms with Gasteiger partial charge in [-0.2, -0.15) is 0 Å². The maximum Gasteiger partial charge on any atom is 0.326 e. The third kappa shape index (κ3) is 11.3. The van der Waals surface area contributed by atoms with E-state index >= 15 is 0 Å². The van der Waals surface area contributed by atoms with E-state index in [-0.39, 0.29) is 25.0 Å². The zero-order chi connectivity index (χ0) is 30.5. The molecule has 0 aliphatic carbocycles. The van der Waals surface area contributed by atoms with Crippen LogP contribution >= 0.6 is 0 Å². The van der Waals surface area contributed by atoms with Crippen LogP contribution in [-0.2, 0) is 41.6 Å². The number of carboxylic acid groups (broad SMARTS) is 2. The van der Waals surface area contributed by atoms with Crippen molar-refractivity contribution in [3.63, 3.8) is 0 Å². The van der Waals surface area contributed by atoms with Gasteiger partial charge in [0, 0.05) is 19.3 Å². The van der Waals surface area contributed by atoms with Gasteiger partial charge >= 0.3 is 11.9 Å². The molecule has 0 saturated heterocycles. The second kappa shape index (κ2) is 15.6. The van der Waals surface area contributed by atoms with Crippen LogP contribution in [0.2, 0.25) is 0 Å². The molecule has 0 saturated carbocycles. The number of amides is 4. The largest absolute Gasteiger partial charge is 0.508 e. The molecule has 2 rings (SSSR count). The zero-order valence-electron chi connectivity index (χ0n) is 22.0. The second-order valence-electron chi connectivity index (χ2n) is 9.29. The van der Waals surface area contributed by atoms with Gasteiger partial charge in [0.05, 0.1) is 12.5 Å². The first kappa shape index (κ1) is 32.2. The van der Waals surface area contributed by atoms with Crippen molar-refractivity contribution < 1.29 is 44.1 Å². The van der Waals surface area contributed by atoms with Gasteiger partial charge in [0.25, 0.3) is 0 Å². The molecule has 0 aliphatic heterocycles. The molecule has 4 unspecified atom stereocenters. The molecule has 41 heavy (non-hydrogen) atoms. The fourth-order valence-electron chi connectivity index (χ4n) is 3.77. The number of benzene rings is 2. The predicted molar refractivity (Wildman–Crippen MR) is 144 cm³/mol. The molecule has 14 heteroatoms. The summed E-state index contributed by atoms with van der Waals surface area (Å²) in [6.45, 7) is 0. The predicted octanol–water partition coefficient (Wildman–Crippen LogP) is -1.22. The fourth-order valence-corrected chi connectivity index (χ4v) is 3.77. The van der Waals surface area contributed by atoms with Gasteiger partial charge in [-0.25, -0.2) is 4.79 Å². The summed E-state index contributed by atoms with van der Waals surface area (Å²) in [5.41, 5.74) is 12.1. The van der Waals surface area contributed by atoms with Crippen molar-refractivity contribution >= 4 is 35.6 Å². The van der Waals surface area contributed by atoms with Crippen molar-refractivity contribution in [1.29, 1.82) is 0 Å². The van der Waals surface area contributed by atoms with Crippen LogP contribution < -0.4 is 27.4 Å². The van der Waals surface area contributed by atoms with Gasteiger partial charge in [0.2, 0.25) is 23.6 Å². The highest BCUT2D eigenvalue weighted by molar-refractivity contribution is 5.96. The van der Waals surface area contributed by atoms with Crippen molar-refractivity contribution in [3.8, 4) is 5.75 Å². The monoisotopic (exact) mass is 571 g/mol. The van der Waals surface area contributed by atoms with E-state index in [0.717, 1.165) is 0 Å². The molecule has 0 heterocycles. The maximum atomic E-state index is 13.3. The summed E-state index contributed by atoms with van der Waals surface area (Å²) in [6.07, 6.45) is -1.49. The Bertz CT molecular complexity index is 1240. The highest BCUT2D eigenvalue weighted by atomic mass is 16.4. The molecule has 0 aliphatic rings. The number of hydrogen-bond donors (Lipinski definition) is 8. The molecule has 10 N–H and O–H groups in total. The van der Waals surface area contributed by atoms with E-state index in [4.69, 9.17) is 16.6 Å². The molecule has 0 radical (unpaired) electrons. The Labute approximate surface area is 235 Å². The van der Waals surface area contributed by atoms with Crippen molar-refractivity contribution in [2.75, 3.05) is 0 Å². The minimum Gasteiger partial charge on any atom is -0.508 e. The third-order valence-corrected chi connectivity index (χ3v) is 5.95. The van der Waals surface area contributed by atoms with E-state index in [0.29, 0.717) is 11.1 Å². The lowest BCUT2D eigenvalue weighted by Gasteiger charge is -2.25. The normalized spacial score (nSPS) is 13.6. The first-order valence-electron chi connectivity index (χ1n) is 12.6. The average Bonchev–Trinajstić information content (AvgIpc) is 2.91. The summed E-state index contributed by atoms with van der Waals surface area (Å²) in [7, 11) is 0. The zero-order valence-corrected chi connectivity index (χ0v) is 22.0. The lowest BCUT2D eigenvalue weighted by atomic mass is 10.0. The Morgan fingerprint density at radius 3 is 1.78 bits per heavy atom. The topological polar surface area (TPSA) is 251 Å². The standard InChI is InChI=1S/C27H33N5O9/c28-18(10-11-23(35)36)24(37)30-20(14-22(29)34)26(39)31-19(12-15-4-2-1-3-5-15)25(38)32-21(27(40)41)13-16-6-8-17(33)9-7-16/h1-9,18-21,33H,10-14,28H2,(H2,29,34)(H,30,37)(H,31,39)(H,32,38)(H,35,36)(H,40,41). The molecular weight excluding hydrogens is 538 g/mol. The molecule has 0 bridgehead atoms. The lowest BCUT2D eigenvalue weighted by Crippen LogP contribution is -2.58. The Balaban J connectivity index is 2.24. The van der Waals surface area contributed by atoms with Gasteiger partial charge in [-0.05, 0) is 29.7 Å². The number of phenolic OH excluding ortho intramolecular Hbond substituents is 1. The number of carbonyl (C=O) groups is 6. The number of hydrogen-bond acceptors (Lipinski definition) is 8. The molecule has 2 aromatic rings. The number of carboxylic acids is 2. The Kier molecular flexibility index (Phi) is 12.2. The van der Waals surface area contributed by atoms with Crippen LogP contribution in [0.1, 0.15) is 30.4 Å². The summed E-state index contributed by atoms with van der Waals surface area (Å²) in [5.74, 6) is -6.22. The number of nitrogens with one attached hydrogen (secondary N) is 3. The van der Waals surface area contributed by atoms with E-state index in [1.54, 1.807) is 30.3 Å². The molecule has 2 aromatic carbocycles. The lowest BCUT2D eigenvalue weighted by molar-refractivity contribution is -0.142. The van der Waals surface area contributed by atoms with E-state index in [1.165, 1.54) is 24.3 Å². The van der Waals surface area contributed by atoms with Crippen molar-refractivity contribution in [2.45, 2.75) is 56.3 Å². The van der Waals surface area contributed by atoms with Crippen LogP contribution in [-0.4, -0.2) is 75.1 Å². The number of nitrogens with two attached hydrogens (primary N) is 2. The summed E-state index contributed by atoms with van der Waals surface area (Å²) < 4.78 is 0. The van der Waals surface area contributed by atoms with Crippen LogP contribution in [0.5, 0.6) is 5.75 Å². The second-order valence-corrected chi connectivity index (χ2v) is 9.29. The van der Waals surface area contributed by atoms with Gasteiger partial charge in [-0.1, -0.05) is 42.5 Å². The number of aliphatic carboxylic acids is 2. The summed E-state index contributed by atoms with van der Waals surface area (Å²) >= 11 is 0. The number of carbonyl (C=O) groups excluding carboxylic acids is 4. The maximum absolute atomic E-state index is 13.3. The summed E-state index contributed by atoms with van der Waals surface area (Å²) in [5, 5.41) is 35.1. The SMILES string of the molecule is NC(=O)CC(NC(=O)C(N)CCC(=O)O)C(=O)NC(Cc1ccccc1)C(=O)NC(Cc1ccc(O)cc1)C(=O)O. The van der Waals surface area contributed by atoms with E-state index < -0.39 is 72.6 Å². The number of aromatic hydroxyl groups is 1. The van der Waals surface area contributed by atoms with E-state index in [1.807, 2.05) is 0 Å². The van der Waals surface area contributed by atoms with Crippen molar-refractivity contribution in [3.05, 3.63) is 65.7 Å². The number of rotatable bonds is 16. The molecule has 4 amide bonds. The number of phenols is 1. The van der Waals surface area contributed by atoms with Gasteiger partial charge in [0.1, 0.15) is 23.9 Å². The molecule has 0 aromatic heterocycles. The van der Waals surface area contributed by atoms with Gasteiger partial charge < -0.3 is 42.7 Å². The Morgan fingerprint density at radius 1 is 0.707 bits per heavy atom. The first-order chi connectivity index (χ1) is 19.3. The number of primary amides is 1. The van der Waals surface area contributed by atoms with Crippen LogP contribution in [0.25, 0.3) is 0 Å². The minimum absolute atomic E-state index is 0.0178. The quantitative estimate of drug-likeness (QED) is 0.119. The van der Waals surface area contributed by atoms with Gasteiger partial charge in [-0.15, -0.1) is 0 Å². The molecule has 0 fully saturated rings. The molecule has 0 spiro atoms. The molecule has 14 nitrogen and oxygen atoms in total. The minimum atomic E-state index is -1.55. The van der Waals surface area contributed by atoms with E-state index in [9.17, 15) is 39.0 Å². The Hall–Kier alpha value is -4.98. The highest BCUT2D eigenvalue weighted by Crippen LogP contribution is 2.12. The molecular formula is C27H33N5O9. The van der Waals surface area contributed by atoms with Crippen molar-refractivity contribution in [2.24, 2.45) is 11.5 Å². The van der Waals surface area contributed by atoms with Crippen LogP contribution in [0.3, 0.4) is 0 Å². The average molecular weight is 572 g/mol. The van der Waals surface area contributed by atoms with Crippen molar-refractivity contribution in [1.82, 2.24) is 16.0 Å².